The van der Waals surface area contributed by atoms with E-state index in [2.05, 4.69) is 4.74 Å². The van der Waals surface area contributed by atoms with Crippen LogP contribution in [0.1, 0.15) is 0 Å². The zero-order valence-corrected chi connectivity index (χ0v) is 11.9. The Morgan fingerprint density at radius 1 is 0.957 bits per heavy atom. The lowest BCUT2D eigenvalue weighted by Gasteiger charge is -2.11. The fraction of sp³-hybridized carbons (Fsp3) is 0.0769. The lowest BCUT2D eigenvalue weighted by Crippen LogP contribution is -2.17. The van der Waals surface area contributed by atoms with Crippen molar-refractivity contribution in [1.82, 2.24) is 0 Å². The summed E-state index contributed by atoms with van der Waals surface area (Å²) in [7, 11) is -4.44. The number of nitrogens with one attached hydrogen (secondary N) is 1. The maximum Gasteiger partial charge on any atom is 0.573 e. The highest BCUT2D eigenvalue weighted by atomic mass is 32.2. The highest BCUT2D eigenvalue weighted by molar-refractivity contribution is 7.92. The zero-order chi connectivity index (χ0) is 17.3. The molecule has 0 saturated carbocycles. The van der Waals surface area contributed by atoms with Gasteiger partial charge in [0.05, 0.1) is 0 Å². The van der Waals surface area contributed by atoms with Gasteiger partial charge in [-0.1, -0.05) is 0 Å². The SMILES string of the molecule is O=S(=O)(Nc1ccc(OC(F)(F)F)cc1)c1cc(F)ccc1F. The lowest BCUT2D eigenvalue weighted by molar-refractivity contribution is -0.274. The molecule has 2 aromatic rings. The van der Waals surface area contributed by atoms with Crippen molar-refractivity contribution in [2.24, 2.45) is 0 Å². The van der Waals surface area contributed by atoms with Gasteiger partial charge in [0, 0.05) is 5.69 Å². The van der Waals surface area contributed by atoms with Crippen molar-refractivity contribution in [2.45, 2.75) is 11.3 Å². The van der Waals surface area contributed by atoms with Gasteiger partial charge in [-0.15, -0.1) is 13.2 Å². The average molecular weight is 353 g/mol. The topological polar surface area (TPSA) is 55.4 Å². The number of ether oxygens (including phenoxy) is 1. The molecule has 23 heavy (non-hydrogen) atoms. The molecule has 0 atom stereocenters. The molecule has 1 N–H and O–H groups in total. The van der Waals surface area contributed by atoms with Crippen molar-refractivity contribution in [3.63, 3.8) is 0 Å². The van der Waals surface area contributed by atoms with Crippen LogP contribution in [0.5, 0.6) is 5.75 Å². The molecule has 2 rings (SSSR count). The van der Waals surface area contributed by atoms with E-state index in [0.29, 0.717) is 12.1 Å². The highest BCUT2D eigenvalue weighted by Gasteiger charge is 2.31. The van der Waals surface area contributed by atoms with Crippen LogP contribution in [-0.2, 0) is 10.0 Å². The Bertz CT molecular complexity index is 803. The normalized spacial score (nSPS) is 12.0. The van der Waals surface area contributed by atoms with E-state index < -0.39 is 38.7 Å². The molecular weight excluding hydrogens is 345 g/mol. The molecule has 124 valence electrons. The summed E-state index contributed by atoms with van der Waals surface area (Å²) >= 11 is 0. The molecular formula is C13H8F5NO3S. The summed E-state index contributed by atoms with van der Waals surface area (Å²) in [5.41, 5.74) is -0.150. The first-order chi connectivity index (χ1) is 10.6. The number of sulfonamides is 1. The van der Waals surface area contributed by atoms with E-state index in [4.69, 9.17) is 0 Å². The van der Waals surface area contributed by atoms with Crippen LogP contribution >= 0.6 is 0 Å². The van der Waals surface area contributed by atoms with Crippen LogP contribution in [-0.4, -0.2) is 14.8 Å². The van der Waals surface area contributed by atoms with Gasteiger partial charge in [0.25, 0.3) is 10.0 Å². The number of benzene rings is 2. The third kappa shape index (κ3) is 4.55. The zero-order valence-electron chi connectivity index (χ0n) is 11.1. The smallest absolute Gasteiger partial charge is 0.406 e. The Morgan fingerprint density at radius 3 is 2.13 bits per heavy atom. The lowest BCUT2D eigenvalue weighted by atomic mass is 10.3. The number of rotatable bonds is 4. The Kier molecular flexibility index (Phi) is 4.46. The molecule has 0 spiro atoms. The minimum Gasteiger partial charge on any atom is -0.406 e. The van der Waals surface area contributed by atoms with E-state index in [1.54, 1.807) is 0 Å². The van der Waals surface area contributed by atoms with Gasteiger partial charge in [-0.25, -0.2) is 17.2 Å². The third-order valence-corrected chi connectivity index (χ3v) is 3.92. The molecule has 4 nitrogen and oxygen atoms in total. The molecule has 0 aliphatic heterocycles. The van der Waals surface area contributed by atoms with Gasteiger partial charge in [-0.3, -0.25) is 4.72 Å². The van der Waals surface area contributed by atoms with E-state index in [-0.39, 0.29) is 5.69 Å². The van der Waals surface area contributed by atoms with Crippen LogP contribution in [0.2, 0.25) is 0 Å². The molecule has 0 saturated heterocycles. The van der Waals surface area contributed by atoms with Crippen LogP contribution in [0.3, 0.4) is 0 Å². The second-order valence-electron chi connectivity index (χ2n) is 4.25. The molecule has 0 fully saturated rings. The Balaban J connectivity index is 2.22. The molecule has 0 aliphatic rings. The van der Waals surface area contributed by atoms with Crippen molar-refractivity contribution in [1.29, 1.82) is 0 Å². The maximum absolute atomic E-state index is 13.5. The minimum absolute atomic E-state index is 0.150. The molecule has 2 aromatic carbocycles. The van der Waals surface area contributed by atoms with E-state index in [0.717, 1.165) is 30.3 Å². The fourth-order valence-electron chi connectivity index (χ4n) is 1.62. The first-order valence-electron chi connectivity index (χ1n) is 5.90. The Hall–Kier alpha value is -2.36. The quantitative estimate of drug-likeness (QED) is 0.854. The summed E-state index contributed by atoms with van der Waals surface area (Å²) < 4.78 is 92.0. The summed E-state index contributed by atoms with van der Waals surface area (Å²) in [5.74, 6) is -2.69. The van der Waals surface area contributed by atoms with Crippen LogP contribution < -0.4 is 9.46 Å². The molecule has 0 unspecified atom stereocenters. The van der Waals surface area contributed by atoms with Crippen molar-refractivity contribution in [3.8, 4) is 5.75 Å². The van der Waals surface area contributed by atoms with Gasteiger partial charge in [0.15, 0.2) is 0 Å². The first-order valence-corrected chi connectivity index (χ1v) is 7.39. The minimum atomic E-state index is -4.88. The predicted octanol–water partition coefficient (Wildman–Crippen LogP) is 3.66. The molecule has 0 heterocycles. The van der Waals surface area contributed by atoms with E-state index in [9.17, 15) is 30.4 Å². The molecule has 0 aromatic heterocycles. The van der Waals surface area contributed by atoms with Crippen molar-refractivity contribution >= 4 is 15.7 Å². The van der Waals surface area contributed by atoms with Crippen LogP contribution in [0.15, 0.2) is 47.4 Å². The second kappa shape index (κ2) is 6.03. The second-order valence-corrected chi connectivity index (χ2v) is 5.90. The van der Waals surface area contributed by atoms with Crippen molar-refractivity contribution in [2.75, 3.05) is 4.72 Å². The van der Waals surface area contributed by atoms with Gasteiger partial charge in [-0.05, 0) is 42.5 Å². The van der Waals surface area contributed by atoms with Gasteiger partial charge in [0.1, 0.15) is 22.3 Å². The average Bonchev–Trinajstić information content (AvgIpc) is 2.42. The predicted molar refractivity (Wildman–Crippen MR) is 70.3 cm³/mol. The highest BCUT2D eigenvalue weighted by Crippen LogP contribution is 2.25. The number of anilines is 1. The standard InChI is InChI=1S/C13H8F5NO3S/c14-8-1-6-11(15)12(7-8)23(20,21)19-9-2-4-10(5-3-9)22-13(16,17)18/h1-7,19H. The van der Waals surface area contributed by atoms with E-state index in [1.807, 2.05) is 4.72 Å². The van der Waals surface area contributed by atoms with Crippen LogP contribution in [0, 0.1) is 11.6 Å². The summed E-state index contributed by atoms with van der Waals surface area (Å²) in [5, 5.41) is 0. The van der Waals surface area contributed by atoms with Crippen LogP contribution in [0.25, 0.3) is 0 Å². The summed E-state index contributed by atoms with van der Waals surface area (Å²) in [6.07, 6.45) is -4.88. The summed E-state index contributed by atoms with van der Waals surface area (Å²) in [4.78, 5) is -0.923. The number of hydrogen-bond donors (Lipinski definition) is 1. The molecule has 0 amide bonds. The molecule has 10 heteroatoms. The number of halogens is 5. The number of alkyl halides is 3. The Labute approximate surface area is 127 Å². The van der Waals surface area contributed by atoms with E-state index >= 15 is 0 Å². The van der Waals surface area contributed by atoms with Gasteiger partial charge in [0.2, 0.25) is 0 Å². The largest absolute Gasteiger partial charge is 0.573 e. The third-order valence-electron chi connectivity index (χ3n) is 2.52. The molecule has 0 bridgehead atoms. The molecule has 0 radical (unpaired) electrons. The number of hydrogen-bond acceptors (Lipinski definition) is 3. The molecule has 0 aliphatic carbocycles. The first kappa shape index (κ1) is 17.0. The monoisotopic (exact) mass is 353 g/mol. The van der Waals surface area contributed by atoms with Crippen molar-refractivity contribution < 1.29 is 35.1 Å². The van der Waals surface area contributed by atoms with Gasteiger partial charge < -0.3 is 4.74 Å². The van der Waals surface area contributed by atoms with Crippen molar-refractivity contribution in [3.05, 3.63) is 54.1 Å². The Morgan fingerprint density at radius 2 is 1.57 bits per heavy atom. The fourth-order valence-corrected chi connectivity index (χ4v) is 2.77. The summed E-state index contributed by atoms with van der Waals surface area (Å²) in [6.45, 7) is 0. The van der Waals surface area contributed by atoms with Gasteiger partial charge >= 0.3 is 6.36 Å². The van der Waals surface area contributed by atoms with Gasteiger partial charge in [-0.2, -0.15) is 0 Å². The van der Waals surface area contributed by atoms with Crippen LogP contribution in [0.4, 0.5) is 27.6 Å². The summed E-state index contributed by atoms with van der Waals surface area (Å²) in [6, 6.07) is 5.58. The van der Waals surface area contributed by atoms with E-state index in [1.165, 1.54) is 0 Å². The maximum atomic E-state index is 13.5.